The number of methoxy groups -OCH3 is 1. The minimum Gasteiger partial charge on any atom is -0.497 e. The number of hydrogen-bond donors (Lipinski definition) is 2. The third-order valence-corrected chi connectivity index (χ3v) is 7.77. The Kier molecular flexibility index (Phi) is 8.06. The summed E-state index contributed by atoms with van der Waals surface area (Å²) >= 11 is 7.82. The molecule has 3 heterocycles. The number of hydrogen-bond acceptors (Lipinski definition) is 7. The van der Waals surface area contributed by atoms with Crippen molar-refractivity contribution in [2.24, 2.45) is 4.99 Å². The SMILES string of the molecule is COc1ccc(NC(=O)C2=C(C)N=C3SC=C(CC(=O)NC[C@@H]4CCCO4)N3[C@@H]2c2cccc(Cl)c2)cc1. The Morgan fingerprint density at radius 3 is 2.76 bits per heavy atom. The van der Waals surface area contributed by atoms with E-state index in [1.807, 2.05) is 35.4 Å². The molecule has 0 aromatic heterocycles. The van der Waals surface area contributed by atoms with E-state index in [1.165, 1.54) is 11.8 Å². The zero-order chi connectivity index (χ0) is 26.6. The zero-order valence-corrected chi connectivity index (χ0v) is 22.8. The van der Waals surface area contributed by atoms with Crippen molar-refractivity contribution in [3.8, 4) is 5.75 Å². The Hall–Kier alpha value is -3.27. The van der Waals surface area contributed by atoms with Crippen LogP contribution >= 0.6 is 23.4 Å². The van der Waals surface area contributed by atoms with Crippen molar-refractivity contribution in [3.63, 3.8) is 0 Å². The van der Waals surface area contributed by atoms with Crippen molar-refractivity contribution in [1.82, 2.24) is 10.2 Å². The fourth-order valence-corrected chi connectivity index (χ4v) is 5.95. The molecule has 0 saturated carbocycles. The van der Waals surface area contributed by atoms with Gasteiger partial charge in [0.1, 0.15) is 5.75 Å². The third-order valence-electron chi connectivity index (χ3n) is 6.65. The second-order valence-corrected chi connectivity index (χ2v) is 10.5. The van der Waals surface area contributed by atoms with Crippen molar-refractivity contribution >= 4 is 46.0 Å². The molecule has 0 spiro atoms. The quantitative estimate of drug-likeness (QED) is 0.465. The summed E-state index contributed by atoms with van der Waals surface area (Å²) in [5.41, 5.74) is 3.33. The van der Waals surface area contributed by atoms with Crippen molar-refractivity contribution in [2.45, 2.75) is 38.3 Å². The number of carbonyl (C=O) groups excluding carboxylic acids is 2. The van der Waals surface area contributed by atoms with Crippen LogP contribution in [0.4, 0.5) is 5.69 Å². The molecule has 1 fully saturated rings. The Morgan fingerprint density at radius 2 is 2.05 bits per heavy atom. The van der Waals surface area contributed by atoms with Gasteiger partial charge in [-0.05, 0) is 67.1 Å². The summed E-state index contributed by atoms with van der Waals surface area (Å²) in [6.07, 6.45) is 2.19. The maximum Gasteiger partial charge on any atom is 0.255 e. The van der Waals surface area contributed by atoms with Gasteiger partial charge in [-0.3, -0.25) is 9.59 Å². The van der Waals surface area contributed by atoms with Crippen LogP contribution in [0, 0.1) is 0 Å². The van der Waals surface area contributed by atoms with Crippen LogP contribution in [0.5, 0.6) is 5.75 Å². The Bertz CT molecular complexity index is 1320. The highest BCUT2D eigenvalue weighted by Gasteiger charge is 2.40. The molecule has 38 heavy (non-hydrogen) atoms. The molecule has 2 aromatic rings. The van der Waals surface area contributed by atoms with Crippen LogP contribution in [0.3, 0.4) is 0 Å². The maximum absolute atomic E-state index is 13.7. The smallest absolute Gasteiger partial charge is 0.255 e. The van der Waals surface area contributed by atoms with Crippen molar-refractivity contribution < 1.29 is 19.1 Å². The number of fused-ring (bicyclic) bond motifs is 1. The van der Waals surface area contributed by atoms with Crippen LogP contribution in [0.15, 0.2) is 75.9 Å². The van der Waals surface area contributed by atoms with Gasteiger partial charge >= 0.3 is 0 Å². The van der Waals surface area contributed by atoms with Crippen LogP contribution < -0.4 is 15.4 Å². The van der Waals surface area contributed by atoms with Crippen LogP contribution in [0.25, 0.3) is 0 Å². The summed E-state index contributed by atoms with van der Waals surface area (Å²) in [7, 11) is 1.59. The van der Waals surface area contributed by atoms with Gasteiger partial charge in [0.05, 0.1) is 36.9 Å². The second-order valence-electron chi connectivity index (χ2n) is 9.25. The first kappa shape index (κ1) is 26.3. The molecule has 1 saturated heterocycles. The number of amidine groups is 1. The average Bonchev–Trinajstić information content (AvgIpc) is 3.57. The van der Waals surface area contributed by atoms with Gasteiger partial charge in [0.15, 0.2) is 5.17 Å². The summed E-state index contributed by atoms with van der Waals surface area (Å²) in [6, 6.07) is 14.1. The van der Waals surface area contributed by atoms with E-state index in [1.54, 1.807) is 37.4 Å². The lowest BCUT2D eigenvalue weighted by Crippen LogP contribution is -2.39. The molecule has 0 unspecified atom stereocenters. The number of nitrogens with zero attached hydrogens (tertiary/aromatic N) is 2. The number of aliphatic imine (C=N–C) groups is 1. The van der Waals surface area contributed by atoms with Gasteiger partial charge < -0.3 is 25.0 Å². The van der Waals surface area contributed by atoms with Crippen LogP contribution in [0.2, 0.25) is 5.02 Å². The van der Waals surface area contributed by atoms with Crippen molar-refractivity contribution in [1.29, 1.82) is 0 Å². The van der Waals surface area contributed by atoms with E-state index < -0.39 is 6.04 Å². The number of ether oxygens (including phenoxy) is 2. The fourth-order valence-electron chi connectivity index (χ4n) is 4.78. The maximum atomic E-state index is 13.7. The van der Waals surface area contributed by atoms with Gasteiger partial charge in [-0.1, -0.05) is 35.5 Å². The van der Waals surface area contributed by atoms with Crippen LogP contribution in [-0.2, 0) is 14.3 Å². The third kappa shape index (κ3) is 5.75. The number of amides is 2. The van der Waals surface area contributed by atoms with E-state index in [9.17, 15) is 9.59 Å². The predicted molar refractivity (Wildman–Crippen MR) is 150 cm³/mol. The van der Waals surface area contributed by atoms with Crippen LogP contribution in [-0.4, -0.2) is 48.2 Å². The second kappa shape index (κ2) is 11.6. The number of rotatable bonds is 8. The topological polar surface area (TPSA) is 92.3 Å². The van der Waals surface area contributed by atoms with Gasteiger partial charge in [-0.15, -0.1) is 0 Å². The Balaban J connectivity index is 1.42. The summed E-state index contributed by atoms with van der Waals surface area (Å²) in [6.45, 7) is 3.06. The molecule has 2 N–H and O–H groups in total. The summed E-state index contributed by atoms with van der Waals surface area (Å²) < 4.78 is 10.8. The summed E-state index contributed by atoms with van der Waals surface area (Å²) in [4.78, 5) is 33.3. The molecular formula is C28H29ClN4O4S. The van der Waals surface area contributed by atoms with E-state index in [2.05, 4.69) is 10.6 Å². The van der Waals surface area contributed by atoms with E-state index >= 15 is 0 Å². The lowest BCUT2D eigenvalue weighted by molar-refractivity contribution is -0.121. The van der Waals surface area contributed by atoms with Gasteiger partial charge in [-0.25, -0.2) is 4.99 Å². The summed E-state index contributed by atoms with van der Waals surface area (Å²) in [5.74, 6) is 0.317. The average molecular weight is 553 g/mol. The van der Waals surface area contributed by atoms with Crippen molar-refractivity contribution in [3.05, 3.63) is 81.5 Å². The highest BCUT2D eigenvalue weighted by Crippen LogP contribution is 2.45. The molecule has 10 heteroatoms. The largest absolute Gasteiger partial charge is 0.497 e. The first-order valence-corrected chi connectivity index (χ1v) is 13.7. The molecular weight excluding hydrogens is 524 g/mol. The Morgan fingerprint density at radius 1 is 1.24 bits per heavy atom. The fraction of sp³-hybridized carbons (Fsp3) is 0.321. The molecule has 8 nitrogen and oxygen atoms in total. The lowest BCUT2D eigenvalue weighted by atomic mass is 9.93. The highest BCUT2D eigenvalue weighted by atomic mass is 35.5. The van der Waals surface area contributed by atoms with E-state index in [4.69, 9.17) is 26.1 Å². The summed E-state index contributed by atoms with van der Waals surface area (Å²) in [5, 5.41) is 9.20. The first-order chi connectivity index (χ1) is 18.4. The molecule has 0 radical (unpaired) electrons. The molecule has 2 atom stereocenters. The standard InChI is InChI=1S/C28H29ClN4O4S/c1-17-25(27(35)32-20-8-10-22(36-2)11-9-20)26(18-5-3-6-19(29)13-18)33-21(16-38-28(33)31-17)14-24(34)30-15-23-7-4-12-37-23/h3,5-6,8-11,13,16,23,26H,4,7,12,14-15H2,1-2H3,(H,30,34)(H,32,35)/t23-,26+/m0/s1. The minimum absolute atomic E-state index is 0.0658. The van der Waals surface area contributed by atoms with Crippen molar-refractivity contribution in [2.75, 3.05) is 25.6 Å². The molecule has 2 aromatic carbocycles. The minimum atomic E-state index is -0.508. The number of halogens is 1. The van der Waals surface area contributed by atoms with E-state index in [0.717, 1.165) is 35.9 Å². The molecule has 0 bridgehead atoms. The predicted octanol–water partition coefficient (Wildman–Crippen LogP) is 5.25. The number of thioether (sulfide) groups is 1. The monoisotopic (exact) mass is 552 g/mol. The van der Waals surface area contributed by atoms with Gasteiger partial charge in [-0.2, -0.15) is 0 Å². The molecule has 5 rings (SSSR count). The lowest BCUT2D eigenvalue weighted by Gasteiger charge is -2.36. The number of anilines is 1. The van der Waals surface area contributed by atoms with E-state index in [0.29, 0.717) is 34.3 Å². The van der Waals surface area contributed by atoms with Gasteiger partial charge in [0.25, 0.3) is 5.91 Å². The number of nitrogens with one attached hydrogen (secondary N) is 2. The molecule has 198 valence electrons. The number of allylic oxidation sites excluding steroid dienone is 1. The van der Waals surface area contributed by atoms with Gasteiger partial charge in [0, 0.05) is 29.6 Å². The highest BCUT2D eigenvalue weighted by molar-refractivity contribution is 8.16. The zero-order valence-electron chi connectivity index (χ0n) is 21.2. The molecule has 0 aliphatic carbocycles. The normalized spacial score (nSPS) is 20.6. The van der Waals surface area contributed by atoms with E-state index in [-0.39, 0.29) is 24.3 Å². The number of benzene rings is 2. The molecule has 3 aliphatic heterocycles. The molecule has 3 aliphatic rings. The van der Waals surface area contributed by atoms with Crippen LogP contribution in [0.1, 0.15) is 37.8 Å². The van der Waals surface area contributed by atoms with Gasteiger partial charge in [0.2, 0.25) is 5.91 Å². The molecule has 2 amide bonds. The first-order valence-electron chi connectivity index (χ1n) is 12.5. The number of carbonyl (C=O) groups is 2. The Labute approximate surface area is 231 Å².